The van der Waals surface area contributed by atoms with E-state index in [1.54, 1.807) is 48.4 Å². The molecule has 6 amide bonds. The second-order valence-electron chi connectivity index (χ2n) is 16.8. The Balaban J connectivity index is 0.719. The second-order valence-corrected chi connectivity index (χ2v) is 17.9. The van der Waals surface area contributed by atoms with Gasteiger partial charge in [0.15, 0.2) is 0 Å². The molecule has 3 aromatic rings. The van der Waals surface area contributed by atoms with Gasteiger partial charge in [-0.1, -0.05) is 44.2 Å². The summed E-state index contributed by atoms with van der Waals surface area (Å²) in [6.07, 6.45) is 17.8. The smallest absolute Gasteiger partial charge is 0.263 e. The largest absolute Gasteiger partial charge is 0.369 e. The van der Waals surface area contributed by atoms with Crippen LogP contribution in [0.4, 0.5) is 5.69 Å². The van der Waals surface area contributed by atoms with E-state index in [-0.39, 0.29) is 30.6 Å². The second kappa shape index (κ2) is 22.1. The molecule has 2 N–H and O–H groups in total. The van der Waals surface area contributed by atoms with Crippen molar-refractivity contribution in [3.05, 3.63) is 95.3 Å². The Morgan fingerprint density at radius 3 is 2.34 bits per heavy atom. The number of likely N-dealkylation sites (tertiary alicyclic amines) is 1. The number of fused-ring (bicyclic) bond motifs is 1. The molecule has 3 saturated heterocycles. The van der Waals surface area contributed by atoms with Crippen molar-refractivity contribution in [3.63, 3.8) is 0 Å². The summed E-state index contributed by atoms with van der Waals surface area (Å²) in [6.45, 7) is 7.32. The average Bonchev–Trinajstić information content (AvgIpc) is 3.55. The van der Waals surface area contributed by atoms with E-state index in [1.807, 2.05) is 35.2 Å². The number of hydrogen-bond donors (Lipinski definition) is 2. The highest BCUT2D eigenvalue weighted by molar-refractivity contribution is 7.99. The van der Waals surface area contributed by atoms with Crippen molar-refractivity contribution in [3.8, 4) is 0 Å². The molecular weight excluding hydrogens is 803 g/mol. The number of nitrogens with one attached hydrogen (secondary N) is 2. The first-order valence-electron chi connectivity index (χ1n) is 22.4. The first-order chi connectivity index (χ1) is 30.2. The summed E-state index contributed by atoms with van der Waals surface area (Å²) in [5.41, 5.74) is 3.53. The van der Waals surface area contributed by atoms with Gasteiger partial charge in [-0.25, -0.2) is 0 Å². The number of anilines is 1. The van der Waals surface area contributed by atoms with Crippen LogP contribution < -0.4 is 15.5 Å². The van der Waals surface area contributed by atoms with E-state index in [0.717, 1.165) is 130 Å². The Kier molecular flexibility index (Phi) is 16.0. The maximum Gasteiger partial charge on any atom is 0.263 e. The van der Waals surface area contributed by atoms with Crippen LogP contribution in [0.1, 0.15) is 114 Å². The molecule has 0 spiro atoms. The number of hydrogen-bond acceptors (Lipinski definition) is 10. The van der Waals surface area contributed by atoms with Crippen molar-refractivity contribution >= 4 is 59.0 Å². The number of thioether (sulfide) groups is 1. The Morgan fingerprint density at radius 1 is 0.806 bits per heavy atom. The van der Waals surface area contributed by atoms with Gasteiger partial charge in [-0.2, -0.15) is 0 Å². The number of piperidine rings is 2. The average molecular weight is 862 g/mol. The summed E-state index contributed by atoms with van der Waals surface area (Å²) in [5, 5.41) is 5.21. The van der Waals surface area contributed by atoms with E-state index in [1.165, 1.54) is 12.1 Å². The number of pyridine rings is 1. The molecule has 1 aromatic heterocycles. The molecule has 0 saturated carbocycles. The Labute approximate surface area is 369 Å². The van der Waals surface area contributed by atoms with Gasteiger partial charge in [0.2, 0.25) is 17.7 Å². The minimum absolute atomic E-state index is 0.0856. The van der Waals surface area contributed by atoms with Crippen LogP contribution in [0, 0.1) is 5.92 Å². The van der Waals surface area contributed by atoms with E-state index >= 15 is 0 Å². The lowest BCUT2D eigenvalue weighted by molar-refractivity contribution is -0.136. The standard InChI is InChI=1S/C48H59N7O6S/c56-42(20-14-36-11-9-24-49-34-36)50-25-5-4-10-35-22-27-54(28-23-35)46(59)37-15-17-38(18-16-37)53-31-29-52(30-32-53)26-6-2-1-3-7-33-62-41-13-8-12-39-44(41)48(61)55(47(39)60)40-19-21-43(57)51-45(40)58/h8-9,11-18,20,24,34-35,40H,1-7,10,19,21-23,25-33H2,(H,50,56)(H,51,57,58)/b20-14+. The minimum atomic E-state index is -0.955. The van der Waals surface area contributed by atoms with E-state index < -0.39 is 23.8 Å². The predicted molar refractivity (Wildman–Crippen MR) is 241 cm³/mol. The van der Waals surface area contributed by atoms with Gasteiger partial charge in [0, 0.05) is 86.9 Å². The summed E-state index contributed by atoms with van der Waals surface area (Å²) < 4.78 is 0. The first-order valence-corrected chi connectivity index (χ1v) is 23.4. The van der Waals surface area contributed by atoms with Gasteiger partial charge in [0.1, 0.15) is 6.04 Å². The van der Waals surface area contributed by atoms with Gasteiger partial charge in [-0.15, -0.1) is 11.8 Å². The minimum Gasteiger partial charge on any atom is -0.369 e. The molecule has 13 nitrogen and oxygen atoms in total. The molecule has 7 rings (SSSR count). The molecule has 1 atom stereocenters. The summed E-state index contributed by atoms with van der Waals surface area (Å²) in [7, 11) is 0. The van der Waals surface area contributed by atoms with Crippen LogP contribution in [0.5, 0.6) is 0 Å². The normalized spacial score (nSPS) is 18.7. The number of carbonyl (C=O) groups is 6. The van der Waals surface area contributed by atoms with Crippen LogP contribution in [0.25, 0.3) is 6.08 Å². The number of benzene rings is 2. The van der Waals surface area contributed by atoms with Crippen molar-refractivity contribution < 1.29 is 28.8 Å². The lowest BCUT2D eigenvalue weighted by Gasteiger charge is -2.36. The van der Waals surface area contributed by atoms with Gasteiger partial charge in [-0.05, 0) is 111 Å². The van der Waals surface area contributed by atoms with Gasteiger partial charge in [0.25, 0.3) is 17.7 Å². The highest BCUT2D eigenvalue weighted by Crippen LogP contribution is 2.35. The highest BCUT2D eigenvalue weighted by atomic mass is 32.2. The van der Waals surface area contributed by atoms with Crippen molar-refractivity contribution in [2.75, 3.05) is 63.0 Å². The number of piperazine rings is 1. The Hall–Kier alpha value is -5.34. The van der Waals surface area contributed by atoms with Gasteiger partial charge < -0.3 is 15.1 Å². The monoisotopic (exact) mass is 861 g/mol. The van der Waals surface area contributed by atoms with Gasteiger partial charge in [-0.3, -0.25) is 48.9 Å². The van der Waals surface area contributed by atoms with Gasteiger partial charge >= 0.3 is 0 Å². The fourth-order valence-corrected chi connectivity index (χ4v) is 9.97. The molecule has 62 heavy (non-hydrogen) atoms. The number of aromatic nitrogens is 1. The fraction of sp³-hybridized carbons (Fsp3) is 0.479. The maximum absolute atomic E-state index is 13.3. The number of nitrogens with zero attached hydrogens (tertiary/aromatic N) is 5. The molecule has 0 aliphatic carbocycles. The zero-order chi connectivity index (χ0) is 43.3. The number of rotatable bonds is 19. The fourth-order valence-electron chi connectivity index (χ4n) is 8.88. The molecular formula is C48H59N7O6S. The third-order valence-corrected chi connectivity index (χ3v) is 13.7. The van der Waals surface area contributed by atoms with E-state index in [9.17, 15) is 28.8 Å². The van der Waals surface area contributed by atoms with Crippen LogP contribution in [0.2, 0.25) is 0 Å². The molecule has 14 heteroatoms. The third kappa shape index (κ3) is 11.8. The maximum atomic E-state index is 13.3. The molecule has 3 fully saturated rings. The number of unbranched alkanes of at least 4 members (excludes halogenated alkanes) is 5. The first kappa shape index (κ1) is 44.7. The van der Waals surface area contributed by atoms with Crippen LogP contribution in [-0.2, 0) is 14.4 Å². The van der Waals surface area contributed by atoms with Crippen molar-refractivity contribution in [1.82, 2.24) is 30.3 Å². The Morgan fingerprint density at radius 2 is 1.58 bits per heavy atom. The molecule has 328 valence electrons. The lowest BCUT2D eigenvalue weighted by Crippen LogP contribution is -2.54. The summed E-state index contributed by atoms with van der Waals surface area (Å²) in [4.78, 5) is 88.7. The number of amides is 6. The molecule has 5 heterocycles. The Bertz CT molecular complexity index is 2080. The van der Waals surface area contributed by atoms with E-state index in [0.29, 0.717) is 23.6 Å². The molecule has 4 aliphatic heterocycles. The molecule has 1 unspecified atom stereocenters. The van der Waals surface area contributed by atoms with Crippen LogP contribution in [0.3, 0.4) is 0 Å². The van der Waals surface area contributed by atoms with Crippen LogP contribution >= 0.6 is 11.8 Å². The van der Waals surface area contributed by atoms with Crippen molar-refractivity contribution in [2.24, 2.45) is 5.92 Å². The van der Waals surface area contributed by atoms with E-state index in [2.05, 4.69) is 37.6 Å². The highest BCUT2D eigenvalue weighted by Gasteiger charge is 2.45. The van der Waals surface area contributed by atoms with Crippen molar-refractivity contribution in [2.45, 2.75) is 88.0 Å². The summed E-state index contributed by atoms with van der Waals surface area (Å²) >= 11 is 1.58. The van der Waals surface area contributed by atoms with E-state index in [4.69, 9.17) is 0 Å². The number of carbonyl (C=O) groups excluding carboxylic acids is 6. The molecule has 2 aromatic carbocycles. The third-order valence-electron chi connectivity index (χ3n) is 12.5. The zero-order valence-electron chi connectivity index (χ0n) is 35.6. The molecule has 0 bridgehead atoms. The van der Waals surface area contributed by atoms with Crippen LogP contribution in [-0.4, -0.2) is 119 Å². The summed E-state index contributed by atoms with van der Waals surface area (Å²) in [5.74, 6) is -0.404. The predicted octanol–water partition coefficient (Wildman–Crippen LogP) is 6.20. The topological polar surface area (TPSA) is 152 Å². The zero-order valence-corrected chi connectivity index (χ0v) is 36.4. The lowest BCUT2D eigenvalue weighted by atomic mass is 9.91. The molecule has 4 aliphatic rings. The molecule has 0 radical (unpaired) electrons. The summed E-state index contributed by atoms with van der Waals surface area (Å²) in [6, 6.07) is 16.3. The van der Waals surface area contributed by atoms with Crippen LogP contribution in [0.15, 0.2) is 78.0 Å². The van der Waals surface area contributed by atoms with Crippen molar-refractivity contribution in [1.29, 1.82) is 0 Å². The quantitative estimate of drug-likeness (QED) is 0.0617. The number of imide groups is 2. The SMILES string of the molecule is O=C(/C=C/c1cccnc1)NCCCCC1CCN(C(=O)c2ccc(N3CCN(CCCCCCCSc4cccc5c4C(=O)N(C4CCC(=O)NC4=O)C5=O)CC3)cc2)CC1. The van der Waals surface area contributed by atoms with Gasteiger partial charge in [0.05, 0.1) is 11.1 Å².